The molecule has 2 aromatic heterocycles. The standard InChI is InChI=1S/C14H19N3S/c1-17(12-5-2-3-6-12)10-11-9-15-16-14(11)13-7-4-8-18-13/h4,7-9,12H,2-3,5-6,10H2,1H3,(H,15,16). The molecule has 0 unspecified atom stereocenters. The summed E-state index contributed by atoms with van der Waals surface area (Å²) >= 11 is 1.76. The highest BCUT2D eigenvalue weighted by atomic mass is 32.1. The van der Waals surface area contributed by atoms with Crippen LogP contribution in [0, 0.1) is 0 Å². The van der Waals surface area contributed by atoms with Crippen molar-refractivity contribution in [2.45, 2.75) is 38.3 Å². The molecule has 0 amide bonds. The van der Waals surface area contributed by atoms with E-state index in [0.29, 0.717) is 0 Å². The Morgan fingerprint density at radius 2 is 2.28 bits per heavy atom. The van der Waals surface area contributed by atoms with Crippen LogP contribution >= 0.6 is 11.3 Å². The molecule has 0 bridgehead atoms. The Balaban J connectivity index is 1.75. The number of aromatic amines is 1. The highest BCUT2D eigenvalue weighted by Gasteiger charge is 2.21. The molecule has 0 aromatic carbocycles. The molecule has 1 fully saturated rings. The lowest BCUT2D eigenvalue weighted by molar-refractivity contribution is 0.238. The van der Waals surface area contributed by atoms with Gasteiger partial charge >= 0.3 is 0 Å². The van der Waals surface area contributed by atoms with Crippen LogP contribution in [0.4, 0.5) is 0 Å². The second-order valence-corrected chi connectivity index (χ2v) is 6.05. The molecule has 3 rings (SSSR count). The fourth-order valence-electron chi connectivity index (χ4n) is 2.81. The van der Waals surface area contributed by atoms with E-state index in [-0.39, 0.29) is 0 Å². The molecule has 0 aliphatic heterocycles. The molecular formula is C14H19N3S. The Bertz CT molecular complexity index is 483. The van der Waals surface area contributed by atoms with Gasteiger partial charge in [0.25, 0.3) is 0 Å². The maximum atomic E-state index is 4.21. The topological polar surface area (TPSA) is 31.9 Å². The molecule has 3 nitrogen and oxygen atoms in total. The summed E-state index contributed by atoms with van der Waals surface area (Å²) in [7, 11) is 2.24. The third-order valence-corrected chi connectivity index (χ3v) is 4.74. The van der Waals surface area contributed by atoms with Gasteiger partial charge in [0.2, 0.25) is 0 Å². The third-order valence-electron chi connectivity index (χ3n) is 3.85. The summed E-state index contributed by atoms with van der Waals surface area (Å²) < 4.78 is 0. The highest BCUT2D eigenvalue weighted by Crippen LogP contribution is 2.28. The number of hydrogen-bond donors (Lipinski definition) is 1. The molecule has 1 aliphatic carbocycles. The normalized spacial score (nSPS) is 16.8. The van der Waals surface area contributed by atoms with Crippen LogP contribution in [0.25, 0.3) is 10.6 Å². The van der Waals surface area contributed by atoms with Gasteiger partial charge in [-0.15, -0.1) is 11.3 Å². The van der Waals surface area contributed by atoms with Gasteiger partial charge in [0, 0.05) is 18.2 Å². The number of hydrogen-bond acceptors (Lipinski definition) is 3. The quantitative estimate of drug-likeness (QED) is 0.913. The second-order valence-electron chi connectivity index (χ2n) is 5.10. The van der Waals surface area contributed by atoms with Gasteiger partial charge in [0.1, 0.15) is 0 Å². The van der Waals surface area contributed by atoms with Gasteiger partial charge in [-0.05, 0) is 31.3 Å². The van der Waals surface area contributed by atoms with Gasteiger partial charge < -0.3 is 0 Å². The minimum Gasteiger partial charge on any atom is -0.299 e. The van der Waals surface area contributed by atoms with E-state index >= 15 is 0 Å². The van der Waals surface area contributed by atoms with Crippen molar-refractivity contribution >= 4 is 11.3 Å². The predicted octanol–water partition coefficient (Wildman–Crippen LogP) is 3.51. The summed E-state index contributed by atoms with van der Waals surface area (Å²) in [4.78, 5) is 3.76. The van der Waals surface area contributed by atoms with Crippen molar-refractivity contribution in [1.82, 2.24) is 15.1 Å². The van der Waals surface area contributed by atoms with E-state index in [9.17, 15) is 0 Å². The van der Waals surface area contributed by atoms with Crippen LogP contribution in [0.1, 0.15) is 31.2 Å². The van der Waals surface area contributed by atoms with E-state index in [2.05, 4.69) is 39.7 Å². The molecule has 2 aromatic rings. The van der Waals surface area contributed by atoms with Crippen molar-refractivity contribution in [2.75, 3.05) is 7.05 Å². The van der Waals surface area contributed by atoms with Crippen molar-refractivity contribution in [3.63, 3.8) is 0 Å². The van der Waals surface area contributed by atoms with Crippen LogP contribution in [-0.2, 0) is 6.54 Å². The van der Waals surface area contributed by atoms with E-state index in [1.54, 1.807) is 11.3 Å². The lowest BCUT2D eigenvalue weighted by Crippen LogP contribution is -2.28. The zero-order chi connectivity index (χ0) is 12.4. The molecular weight excluding hydrogens is 242 g/mol. The first-order chi connectivity index (χ1) is 8.84. The van der Waals surface area contributed by atoms with Crippen LogP contribution in [0.2, 0.25) is 0 Å². The Hall–Kier alpha value is -1.13. The average molecular weight is 261 g/mol. The first-order valence-electron chi connectivity index (χ1n) is 6.61. The van der Waals surface area contributed by atoms with Gasteiger partial charge in [-0.3, -0.25) is 10.00 Å². The molecule has 2 heterocycles. The van der Waals surface area contributed by atoms with Gasteiger partial charge in [0.05, 0.1) is 16.8 Å². The summed E-state index contributed by atoms with van der Waals surface area (Å²) in [6.45, 7) is 0.994. The van der Waals surface area contributed by atoms with Crippen molar-refractivity contribution in [3.05, 3.63) is 29.3 Å². The predicted molar refractivity (Wildman–Crippen MR) is 75.6 cm³/mol. The monoisotopic (exact) mass is 261 g/mol. The number of rotatable bonds is 4. The zero-order valence-electron chi connectivity index (χ0n) is 10.7. The summed E-state index contributed by atoms with van der Waals surface area (Å²) in [5.41, 5.74) is 2.50. The van der Waals surface area contributed by atoms with Crippen molar-refractivity contribution in [3.8, 4) is 10.6 Å². The van der Waals surface area contributed by atoms with Crippen molar-refractivity contribution < 1.29 is 0 Å². The maximum absolute atomic E-state index is 4.21. The van der Waals surface area contributed by atoms with Gasteiger partial charge in [-0.1, -0.05) is 18.9 Å². The first-order valence-corrected chi connectivity index (χ1v) is 7.49. The fourth-order valence-corrected chi connectivity index (χ4v) is 3.56. The summed E-state index contributed by atoms with van der Waals surface area (Å²) in [6.07, 6.45) is 7.45. The first kappa shape index (κ1) is 11.9. The van der Waals surface area contributed by atoms with E-state index in [1.807, 2.05) is 6.20 Å². The van der Waals surface area contributed by atoms with Crippen LogP contribution in [0.5, 0.6) is 0 Å². The molecule has 1 aliphatic rings. The van der Waals surface area contributed by atoms with E-state index in [4.69, 9.17) is 0 Å². The summed E-state index contributed by atoms with van der Waals surface area (Å²) in [5.74, 6) is 0. The minimum absolute atomic E-state index is 0.760. The van der Waals surface area contributed by atoms with Gasteiger partial charge in [-0.25, -0.2) is 0 Å². The number of thiophene rings is 1. The maximum Gasteiger partial charge on any atom is 0.0794 e. The Morgan fingerprint density at radius 3 is 3.00 bits per heavy atom. The van der Waals surface area contributed by atoms with Crippen LogP contribution < -0.4 is 0 Å². The molecule has 0 radical (unpaired) electrons. The second kappa shape index (κ2) is 5.24. The molecule has 0 atom stereocenters. The van der Waals surface area contributed by atoms with Crippen LogP contribution in [0.15, 0.2) is 23.7 Å². The molecule has 4 heteroatoms. The number of nitrogens with one attached hydrogen (secondary N) is 1. The van der Waals surface area contributed by atoms with E-state index < -0.39 is 0 Å². The zero-order valence-corrected chi connectivity index (χ0v) is 11.5. The molecule has 96 valence electrons. The summed E-state index contributed by atoms with van der Waals surface area (Å²) in [5, 5.41) is 9.46. The molecule has 0 spiro atoms. The number of aromatic nitrogens is 2. The van der Waals surface area contributed by atoms with Crippen LogP contribution in [-0.4, -0.2) is 28.2 Å². The average Bonchev–Trinajstić information content (AvgIpc) is 3.11. The third kappa shape index (κ3) is 2.35. The smallest absolute Gasteiger partial charge is 0.0794 e. The molecule has 1 saturated carbocycles. The largest absolute Gasteiger partial charge is 0.299 e. The Labute approximate surface area is 112 Å². The van der Waals surface area contributed by atoms with Gasteiger partial charge in [-0.2, -0.15) is 5.10 Å². The minimum atomic E-state index is 0.760. The van der Waals surface area contributed by atoms with Crippen molar-refractivity contribution in [2.24, 2.45) is 0 Å². The number of nitrogens with zero attached hydrogens (tertiary/aromatic N) is 2. The number of H-pyrrole nitrogens is 1. The Kier molecular flexibility index (Phi) is 3.48. The fraction of sp³-hybridized carbons (Fsp3) is 0.500. The molecule has 0 saturated heterocycles. The molecule has 18 heavy (non-hydrogen) atoms. The molecule has 1 N–H and O–H groups in total. The lowest BCUT2D eigenvalue weighted by Gasteiger charge is -2.23. The van der Waals surface area contributed by atoms with E-state index in [1.165, 1.54) is 41.8 Å². The van der Waals surface area contributed by atoms with Gasteiger partial charge in [0.15, 0.2) is 0 Å². The lowest BCUT2D eigenvalue weighted by atomic mass is 10.1. The Morgan fingerprint density at radius 1 is 1.44 bits per heavy atom. The SMILES string of the molecule is CN(Cc1cn[nH]c1-c1cccs1)C1CCCC1. The van der Waals surface area contributed by atoms with Crippen LogP contribution in [0.3, 0.4) is 0 Å². The highest BCUT2D eigenvalue weighted by molar-refractivity contribution is 7.13. The summed E-state index contributed by atoms with van der Waals surface area (Å²) in [6, 6.07) is 5.00. The van der Waals surface area contributed by atoms with Crippen molar-refractivity contribution in [1.29, 1.82) is 0 Å². The van der Waals surface area contributed by atoms with E-state index in [0.717, 1.165) is 12.6 Å².